The quantitative estimate of drug-likeness (QED) is 0.455. The summed E-state index contributed by atoms with van der Waals surface area (Å²) in [4.78, 5) is 6.38. The minimum Gasteiger partial charge on any atom is -0.205 e. The lowest BCUT2D eigenvalue weighted by molar-refractivity contribution is 0.273. The van der Waals surface area contributed by atoms with E-state index in [0.29, 0.717) is 18.1 Å². The second-order valence-electron chi connectivity index (χ2n) is 3.92. The van der Waals surface area contributed by atoms with Gasteiger partial charge in [-0.25, -0.2) is 4.90 Å². The van der Waals surface area contributed by atoms with E-state index in [1.54, 1.807) is 0 Å². The van der Waals surface area contributed by atoms with Crippen molar-refractivity contribution >= 4 is 0 Å². The molecule has 0 aromatic heterocycles. The first kappa shape index (κ1) is 11.3. The molecular formula is C10H21N2+. The molecule has 0 aromatic rings. The fourth-order valence-corrected chi connectivity index (χ4v) is 1.01. The molecule has 0 aliphatic carbocycles. The molecule has 0 heterocycles. The van der Waals surface area contributed by atoms with Crippen molar-refractivity contribution in [3.63, 3.8) is 0 Å². The second kappa shape index (κ2) is 5.03. The molecule has 0 aliphatic rings. The summed E-state index contributed by atoms with van der Waals surface area (Å²) in [5, 5.41) is 0. The molecular weight excluding hydrogens is 148 g/mol. The molecule has 70 valence electrons. The summed E-state index contributed by atoms with van der Waals surface area (Å²) >= 11 is 0. The first-order valence-electron chi connectivity index (χ1n) is 4.69. The zero-order chi connectivity index (χ0) is 9.72. The SMILES string of the molecule is CC(C)[N+]#CN(C(C)C)C(C)C. The zero-order valence-corrected chi connectivity index (χ0v) is 9.13. The van der Waals surface area contributed by atoms with E-state index < -0.39 is 0 Å². The van der Waals surface area contributed by atoms with Crippen molar-refractivity contribution in [2.75, 3.05) is 0 Å². The smallest absolute Gasteiger partial charge is 0.205 e. The van der Waals surface area contributed by atoms with Gasteiger partial charge in [0.2, 0.25) is 0 Å². The van der Waals surface area contributed by atoms with Crippen LogP contribution in [0.15, 0.2) is 0 Å². The fourth-order valence-electron chi connectivity index (χ4n) is 1.01. The standard InChI is InChI=1S/C10H21N2/c1-8(2)11-7-12(9(3)4)10(5)6/h8-10H,1-6H3/q+1. The van der Waals surface area contributed by atoms with Crippen molar-refractivity contribution in [1.29, 1.82) is 0 Å². The Morgan fingerprint density at radius 1 is 0.917 bits per heavy atom. The lowest BCUT2D eigenvalue weighted by Crippen LogP contribution is -2.32. The van der Waals surface area contributed by atoms with Crippen molar-refractivity contribution in [2.45, 2.75) is 59.7 Å². The maximum Gasteiger partial charge on any atom is 0.371 e. The topological polar surface area (TPSA) is 7.60 Å². The van der Waals surface area contributed by atoms with Gasteiger partial charge in [-0.1, -0.05) is 0 Å². The summed E-state index contributed by atoms with van der Waals surface area (Å²) in [5.41, 5.74) is 0. The molecule has 0 spiro atoms. The van der Waals surface area contributed by atoms with Crippen molar-refractivity contribution in [3.05, 3.63) is 4.85 Å². The average Bonchev–Trinajstić information content (AvgIpc) is 1.84. The van der Waals surface area contributed by atoms with Gasteiger partial charge in [0.15, 0.2) is 6.04 Å². The molecule has 0 unspecified atom stereocenters. The zero-order valence-electron chi connectivity index (χ0n) is 9.13. The van der Waals surface area contributed by atoms with Crippen LogP contribution in [0, 0.1) is 6.19 Å². The van der Waals surface area contributed by atoms with E-state index in [0.717, 1.165) is 0 Å². The third kappa shape index (κ3) is 4.23. The van der Waals surface area contributed by atoms with Gasteiger partial charge in [-0.05, 0) is 41.5 Å². The van der Waals surface area contributed by atoms with Crippen LogP contribution in [0.5, 0.6) is 0 Å². The minimum atomic E-state index is 0.338. The summed E-state index contributed by atoms with van der Waals surface area (Å²) in [6.07, 6.45) is 3.08. The monoisotopic (exact) mass is 169 g/mol. The Labute approximate surface area is 76.4 Å². The highest BCUT2D eigenvalue weighted by molar-refractivity contribution is 4.92. The van der Waals surface area contributed by atoms with Crippen LogP contribution in [-0.2, 0) is 0 Å². The molecule has 0 rings (SSSR count). The van der Waals surface area contributed by atoms with Gasteiger partial charge >= 0.3 is 6.19 Å². The minimum absolute atomic E-state index is 0.338. The first-order chi connectivity index (χ1) is 5.45. The highest BCUT2D eigenvalue weighted by atomic mass is 15.2. The van der Waals surface area contributed by atoms with Crippen molar-refractivity contribution in [3.8, 4) is 6.19 Å². The van der Waals surface area contributed by atoms with E-state index >= 15 is 0 Å². The van der Waals surface area contributed by atoms with E-state index in [-0.39, 0.29) is 0 Å². The van der Waals surface area contributed by atoms with Gasteiger partial charge < -0.3 is 0 Å². The van der Waals surface area contributed by atoms with Gasteiger partial charge in [0.25, 0.3) is 0 Å². The normalized spacial score (nSPS) is 10.4. The van der Waals surface area contributed by atoms with Crippen LogP contribution >= 0.6 is 0 Å². The maximum atomic E-state index is 4.24. The summed E-state index contributed by atoms with van der Waals surface area (Å²) < 4.78 is 0. The Morgan fingerprint density at radius 3 is 1.58 bits per heavy atom. The number of rotatable bonds is 2. The third-order valence-electron chi connectivity index (χ3n) is 1.54. The van der Waals surface area contributed by atoms with Crippen LogP contribution in [0.3, 0.4) is 0 Å². The van der Waals surface area contributed by atoms with Gasteiger partial charge in [-0.2, -0.15) is 4.85 Å². The van der Waals surface area contributed by atoms with Crippen LogP contribution in [0.4, 0.5) is 0 Å². The van der Waals surface area contributed by atoms with Gasteiger partial charge in [-0.15, -0.1) is 0 Å². The molecule has 0 radical (unpaired) electrons. The molecule has 0 atom stereocenters. The molecule has 0 saturated carbocycles. The van der Waals surface area contributed by atoms with Gasteiger partial charge in [0.1, 0.15) is 0 Å². The predicted molar refractivity (Wildman–Crippen MR) is 54.5 cm³/mol. The van der Waals surface area contributed by atoms with Crippen molar-refractivity contribution < 1.29 is 0 Å². The molecule has 0 bridgehead atoms. The van der Waals surface area contributed by atoms with Crippen LogP contribution in [-0.4, -0.2) is 23.0 Å². The summed E-state index contributed by atoms with van der Waals surface area (Å²) in [6, 6.07) is 1.30. The Balaban J connectivity index is 4.26. The fraction of sp³-hybridized carbons (Fsp3) is 0.900. The largest absolute Gasteiger partial charge is 0.371 e. The summed E-state index contributed by atoms with van der Waals surface area (Å²) in [6.45, 7) is 12.7. The molecule has 0 amide bonds. The van der Waals surface area contributed by atoms with Crippen molar-refractivity contribution in [1.82, 2.24) is 4.90 Å². The van der Waals surface area contributed by atoms with E-state index in [1.165, 1.54) is 0 Å². The molecule has 0 N–H and O–H groups in total. The first-order valence-corrected chi connectivity index (χ1v) is 4.69. The van der Waals surface area contributed by atoms with Crippen LogP contribution < -0.4 is 0 Å². The van der Waals surface area contributed by atoms with Gasteiger partial charge in [0, 0.05) is 0 Å². The number of nitrogens with zero attached hydrogens (tertiary/aromatic N) is 2. The van der Waals surface area contributed by atoms with Crippen LogP contribution in [0.1, 0.15) is 41.5 Å². The summed E-state index contributed by atoms with van der Waals surface area (Å²) in [7, 11) is 0. The molecule has 0 fully saturated rings. The molecule has 2 nitrogen and oxygen atoms in total. The van der Waals surface area contributed by atoms with E-state index in [9.17, 15) is 0 Å². The van der Waals surface area contributed by atoms with E-state index in [1.807, 2.05) is 0 Å². The second-order valence-corrected chi connectivity index (χ2v) is 3.92. The number of hydrogen-bond donors (Lipinski definition) is 0. The highest BCUT2D eigenvalue weighted by Crippen LogP contribution is 2.03. The van der Waals surface area contributed by atoms with Gasteiger partial charge in [0.05, 0.1) is 12.1 Å². The van der Waals surface area contributed by atoms with E-state index in [4.69, 9.17) is 0 Å². The maximum absolute atomic E-state index is 4.24. The van der Waals surface area contributed by atoms with Gasteiger partial charge in [-0.3, -0.25) is 0 Å². The highest BCUT2D eigenvalue weighted by Gasteiger charge is 2.17. The average molecular weight is 169 g/mol. The number of hydrogen-bond acceptors (Lipinski definition) is 1. The van der Waals surface area contributed by atoms with Crippen LogP contribution in [0.2, 0.25) is 0 Å². The lowest BCUT2D eigenvalue weighted by atomic mass is 10.2. The van der Waals surface area contributed by atoms with Crippen LogP contribution in [0.25, 0.3) is 4.85 Å². The summed E-state index contributed by atoms with van der Waals surface area (Å²) in [5.74, 6) is 0. The molecule has 0 aromatic carbocycles. The lowest BCUT2D eigenvalue weighted by Gasteiger charge is -2.16. The van der Waals surface area contributed by atoms with Crippen molar-refractivity contribution in [2.24, 2.45) is 0 Å². The third-order valence-corrected chi connectivity index (χ3v) is 1.54. The predicted octanol–water partition coefficient (Wildman–Crippen LogP) is 2.80. The Bertz CT molecular complexity index is 164. The Morgan fingerprint density at radius 2 is 1.33 bits per heavy atom. The molecule has 0 aliphatic heterocycles. The molecule has 0 saturated heterocycles. The Kier molecular flexibility index (Phi) is 4.73. The molecule has 2 heteroatoms. The Hall–Kier alpha value is -0.710. The molecule has 12 heavy (non-hydrogen) atoms. The van der Waals surface area contributed by atoms with E-state index in [2.05, 4.69) is 57.5 Å².